The maximum Gasteiger partial charge on any atom is 0.246 e. The number of rotatable bonds is 8. The molecule has 7 nitrogen and oxygen atoms in total. The number of benzene rings is 2. The third-order valence-electron chi connectivity index (χ3n) is 5.33. The fourth-order valence-electron chi connectivity index (χ4n) is 3.51. The highest BCUT2D eigenvalue weighted by molar-refractivity contribution is 6.30. The highest BCUT2D eigenvalue weighted by Crippen LogP contribution is 2.26. The fraction of sp³-hybridized carbons (Fsp3) is 0.192. The lowest BCUT2D eigenvalue weighted by Crippen LogP contribution is -2.37. The quantitative estimate of drug-likeness (QED) is 0.365. The number of aromatic nitrogens is 2. The Morgan fingerprint density at radius 1 is 1.09 bits per heavy atom. The van der Waals surface area contributed by atoms with Crippen LogP contribution in [0.1, 0.15) is 24.7 Å². The molecule has 2 amide bonds. The van der Waals surface area contributed by atoms with Crippen molar-refractivity contribution in [1.82, 2.24) is 14.5 Å². The normalized spacial score (nSPS) is 10.8. The van der Waals surface area contributed by atoms with Gasteiger partial charge in [0.1, 0.15) is 12.3 Å². The van der Waals surface area contributed by atoms with Crippen molar-refractivity contribution < 1.29 is 14.0 Å². The second-order valence-corrected chi connectivity index (χ2v) is 8.33. The van der Waals surface area contributed by atoms with Gasteiger partial charge in [-0.25, -0.2) is 4.98 Å². The van der Waals surface area contributed by atoms with Crippen molar-refractivity contribution in [2.24, 2.45) is 0 Å². The first kappa shape index (κ1) is 23.3. The first-order valence-corrected chi connectivity index (χ1v) is 11.3. The van der Waals surface area contributed by atoms with Crippen LogP contribution in [0.15, 0.2) is 77.5 Å². The minimum Gasteiger partial charge on any atom is -0.467 e. The maximum atomic E-state index is 13.0. The summed E-state index contributed by atoms with van der Waals surface area (Å²) in [5.74, 6) is 0.478. The number of hydrogen-bond donors (Lipinski definition) is 1. The molecule has 0 atom stereocenters. The lowest BCUT2D eigenvalue weighted by Gasteiger charge is -2.20. The van der Waals surface area contributed by atoms with Crippen molar-refractivity contribution in [1.29, 1.82) is 0 Å². The monoisotopic (exact) mass is 476 g/mol. The van der Waals surface area contributed by atoms with Crippen molar-refractivity contribution >= 4 is 29.4 Å². The zero-order chi connectivity index (χ0) is 24.1. The first-order chi connectivity index (χ1) is 16.4. The van der Waals surface area contributed by atoms with Gasteiger partial charge in [0.2, 0.25) is 17.8 Å². The molecule has 0 aliphatic heterocycles. The van der Waals surface area contributed by atoms with E-state index in [0.29, 0.717) is 22.4 Å². The number of anilines is 1. The molecule has 0 bridgehead atoms. The standard InChI is InChI=1S/C26H25ClN4O3/c1-3-25(33)30(15-22-5-4-14-34-22)17-24(32)29-26-28-23(19-8-10-20(27)11-9-19)16-31(26)21-12-6-18(2)7-13-21/h4-14,16H,3,15,17H2,1-2H3,(H,28,29,32). The van der Waals surface area contributed by atoms with Gasteiger partial charge in [-0.05, 0) is 43.3 Å². The Bertz CT molecular complexity index is 1260. The predicted octanol–water partition coefficient (Wildman–Crippen LogP) is 5.47. The molecule has 8 heteroatoms. The summed E-state index contributed by atoms with van der Waals surface area (Å²) in [7, 11) is 0. The minimum absolute atomic E-state index is 0.121. The van der Waals surface area contributed by atoms with Gasteiger partial charge < -0.3 is 9.32 Å². The Morgan fingerprint density at radius 2 is 1.82 bits per heavy atom. The van der Waals surface area contributed by atoms with Gasteiger partial charge in [-0.2, -0.15) is 0 Å². The molecule has 0 spiro atoms. The number of hydrogen-bond acceptors (Lipinski definition) is 4. The van der Waals surface area contributed by atoms with Gasteiger partial charge in [-0.1, -0.05) is 48.4 Å². The number of nitrogens with zero attached hydrogens (tertiary/aromatic N) is 3. The summed E-state index contributed by atoms with van der Waals surface area (Å²) in [4.78, 5) is 31.6. The smallest absolute Gasteiger partial charge is 0.246 e. The summed E-state index contributed by atoms with van der Waals surface area (Å²) >= 11 is 6.03. The zero-order valence-electron chi connectivity index (χ0n) is 19.0. The summed E-state index contributed by atoms with van der Waals surface area (Å²) in [6.45, 7) is 3.87. The van der Waals surface area contributed by atoms with E-state index in [9.17, 15) is 9.59 Å². The number of furan rings is 1. The number of amides is 2. The van der Waals surface area contributed by atoms with Crippen LogP contribution in [0.3, 0.4) is 0 Å². The van der Waals surface area contributed by atoms with Crippen LogP contribution in [0.25, 0.3) is 16.9 Å². The zero-order valence-corrected chi connectivity index (χ0v) is 19.7. The Kier molecular flexibility index (Phi) is 7.13. The van der Waals surface area contributed by atoms with Crippen LogP contribution < -0.4 is 5.32 Å². The van der Waals surface area contributed by atoms with Gasteiger partial charge >= 0.3 is 0 Å². The molecule has 0 aliphatic rings. The number of carbonyl (C=O) groups excluding carboxylic acids is 2. The van der Waals surface area contributed by atoms with Gasteiger partial charge in [-0.3, -0.25) is 19.5 Å². The van der Waals surface area contributed by atoms with E-state index in [1.54, 1.807) is 37.5 Å². The molecule has 2 heterocycles. The van der Waals surface area contributed by atoms with Crippen molar-refractivity contribution in [3.63, 3.8) is 0 Å². The van der Waals surface area contributed by atoms with Crippen molar-refractivity contribution in [3.8, 4) is 16.9 Å². The van der Waals surface area contributed by atoms with E-state index in [4.69, 9.17) is 16.0 Å². The summed E-state index contributed by atoms with van der Waals surface area (Å²) in [6.07, 6.45) is 3.69. The molecule has 0 fully saturated rings. The van der Waals surface area contributed by atoms with Crippen LogP contribution in [0.5, 0.6) is 0 Å². The first-order valence-electron chi connectivity index (χ1n) is 11.0. The van der Waals surface area contributed by atoms with E-state index in [1.807, 2.05) is 54.1 Å². The molecule has 34 heavy (non-hydrogen) atoms. The second-order valence-electron chi connectivity index (χ2n) is 7.89. The van der Waals surface area contributed by atoms with Crippen molar-refractivity contribution in [2.75, 3.05) is 11.9 Å². The molecule has 4 aromatic rings. The van der Waals surface area contributed by atoms with E-state index in [2.05, 4.69) is 10.3 Å². The minimum atomic E-state index is -0.352. The Balaban J connectivity index is 1.61. The molecule has 2 aromatic heterocycles. The van der Waals surface area contributed by atoms with Crippen LogP contribution in [0.2, 0.25) is 5.02 Å². The Labute approximate surface area is 203 Å². The highest BCUT2D eigenvalue weighted by atomic mass is 35.5. The Morgan fingerprint density at radius 3 is 2.47 bits per heavy atom. The van der Waals surface area contributed by atoms with Gasteiger partial charge in [0.25, 0.3) is 0 Å². The molecule has 174 valence electrons. The highest BCUT2D eigenvalue weighted by Gasteiger charge is 2.20. The molecule has 4 rings (SSSR count). The molecule has 1 N–H and O–H groups in total. The van der Waals surface area contributed by atoms with Crippen LogP contribution in [0, 0.1) is 6.92 Å². The van der Waals surface area contributed by atoms with Crippen LogP contribution >= 0.6 is 11.6 Å². The second kappa shape index (κ2) is 10.4. The van der Waals surface area contributed by atoms with E-state index in [-0.39, 0.29) is 31.3 Å². The van der Waals surface area contributed by atoms with Gasteiger partial charge in [-0.15, -0.1) is 0 Å². The fourth-order valence-corrected chi connectivity index (χ4v) is 3.64. The van der Waals surface area contributed by atoms with Gasteiger partial charge in [0.05, 0.1) is 18.5 Å². The molecule has 0 aliphatic carbocycles. The number of aryl methyl sites for hydroxylation is 1. The number of halogens is 1. The van der Waals surface area contributed by atoms with Crippen molar-refractivity contribution in [3.05, 3.63) is 89.5 Å². The predicted molar refractivity (Wildman–Crippen MR) is 132 cm³/mol. The van der Waals surface area contributed by atoms with Crippen LogP contribution in [-0.4, -0.2) is 32.8 Å². The number of imidazole rings is 1. The SMILES string of the molecule is CCC(=O)N(CC(=O)Nc1nc(-c2ccc(Cl)cc2)cn1-c1ccc(C)cc1)Cc1ccco1. The molecule has 0 saturated heterocycles. The van der Waals surface area contributed by atoms with Crippen molar-refractivity contribution in [2.45, 2.75) is 26.8 Å². The Hall–Kier alpha value is -3.84. The lowest BCUT2D eigenvalue weighted by atomic mass is 10.2. The van der Waals surface area contributed by atoms with Gasteiger partial charge in [0.15, 0.2) is 0 Å². The summed E-state index contributed by atoms with van der Waals surface area (Å²) in [5, 5.41) is 3.51. The van der Waals surface area contributed by atoms with E-state index < -0.39 is 0 Å². The lowest BCUT2D eigenvalue weighted by molar-refractivity contribution is -0.135. The molecular formula is C26H25ClN4O3. The average Bonchev–Trinajstić information content (AvgIpc) is 3.49. The summed E-state index contributed by atoms with van der Waals surface area (Å²) < 4.78 is 7.17. The maximum absolute atomic E-state index is 13.0. The number of nitrogens with one attached hydrogen (secondary N) is 1. The van der Waals surface area contributed by atoms with E-state index >= 15 is 0 Å². The van der Waals surface area contributed by atoms with Gasteiger partial charge in [0, 0.05) is 28.9 Å². The molecule has 0 unspecified atom stereocenters. The van der Waals surface area contributed by atoms with E-state index in [0.717, 1.165) is 16.8 Å². The topological polar surface area (TPSA) is 80.4 Å². The van der Waals surface area contributed by atoms with Crippen LogP contribution in [0.4, 0.5) is 5.95 Å². The van der Waals surface area contributed by atoms with E-state index in [1.165, 1.54) is 4.90 Å². The molecule has 0 saturated carbocycles. The third-order valence-corrected chi connectivity index (χ3v) is 5.58. The summed E-state index contributed by atoms with van der Waals surface area (Å²) in [5.41, 5.74) is 3.53. The summed E-state index contributed by atoms with van der Waals surface area (Å²) in [6, 6.07) is 18.8. The number of carbonyl (C=O) groups is 2. The third kappa shape index (κ3) is 5.55. The molecule has 0 radical (unpaired) electrons. The van der Waals surface area contributed by atoms with Crippen LogP contribution in [-0.2, 0) is 16.1 Å². The average molecular weight is 477 g/mol. The molecular weight excluding hydrogens is 452 g/mol. The molecule has 2 aromatic carbocycles. The largest absolute Gasteiger partial charge is 0.467 e.